The lowest BCUT2D eigenvalue weighted by molar-refractivity contribution is -0.940. The largest absolute Gasteiger partial charge is 0.534 e. The van der Waals surface area contributed by atoms with Crippen molar-refractivity contribution < 1.29 is 65.9 Å². The molecule has 31 heavy (non-hydrogen) atoms. The van der Waals surface area contributed by atoms with Gasteiger partial charge in [-0.1, -0.05) is 13.3 Å². The van der Waals surface area contributed by atoms with Crippen LogP contribution in [-0.2, 0) is 24.5 Å². The van der Waals surface area contributed by atoms with Crippen LogP contribution < -0.4 is 4.18 Å². The predicted molar refractivity (Wildman–Crippen MR) is 86.8 cm³/mol. The fourth-order valence-electron chi connectivity index (χ4n) is 2.49. The van der Waals surface area contributed by atoms with Gasteiger partial charge in [0.05, 0.1) is 0 Å². The minimum absolute atomic E-state index is 0.162. The number of halogens is 6. The van der Waals surface area contributed by atoms with E-state index < -0.39 is 71.1 Å². The number of hydrogen-bond acceptors (Lipinski definition) is 8. The molecule has 0 N–H and O–H groups in total. The molecule has 17 heteroatoms. The van der Waals surface area contributed by atoms with Crippen molar-refractivity contribution in [3.63, 3.8) is 0 Å². The van der Waals surface area contributed by atoms with E-state index in [2.05, 4.69) is 8.47 Å². The van der Waals surface area contributed by atoms with E-state index in [0.717, 1.165) is 0 Å². The normalized spacial score (nSPS) is 20.1. The van der Waals surface area contributed by atoms with Crippen molar-refractivity contribution in [3.8, 4) is 5.75 Å². The van der Waals surface area contributed by atoms with Crippen molar-refractivity contribution in [1.82, 2.24) is 0 Å². The summed E-state index contributed by atoms with van der Waals surface area (Å²) in [7, 11) is -12.6. The first-order chi connectivity index (χ1) is 13.9. The molecule has 1 aliphatic heterocycles. The Balaban J connectivity index is 2.57. The average molecular weight is 500 g/mol. The minimum Gasteiger partial charge on any atom is -0.376 e. The molecule has 0 radical (unpaired) electrons. The highest BCUT2D eigenvalue weighted by molar-refractivity contribution is 7.88. The van der Waals surface area contributed by atoms with Gasteiger partial charge in [-0.2, -0.15) is 43.2 Å². The Morgan fingerprint density at radius 1 is 0.871 bits per heavy atom. The molecule has 0 spiro atoms. The molecule has 0 bridgehead atoms. The van der Waals surface area contributed by atoms with Crippen molar-refractivity contribution in [2.75, 3.05) is 6.54 Å². The highest BCUT2D eigenvalue weighted by atomic mass is 32.2. The summed E-state index contributed by atoms with van der Waals surface area (Å²) in [4.78, 5) is 25.4. The van der Waals surface area contributed by atoms with Crippen molar-refractivity contribution in [1.29, 1.82) is 0 Å². The van der Waals surface area contributed by atoms with E-state index in [1.807, 2.05) is 0 Å². The predicted octanol–water partition coefficient (Wildman–Crippen LogP) is 2.61. The van der Waals surface area contributed by atoms with Crippen LogP contribution in [-0.4, -0.2) is 50.9 Å². The molecule has 0 fully saturated rings. The zero-order chi connectivity index (χ0) is 24.0. The Labute approximate surface area is 170 Å². The third-order valence-electron chi connectivity index (χ3n) is 3.93. The summed E-state index contributed by atoms with van der Waals surface area (Å²) in [5, 5.41) is 0. The number of nitrogens with zero attached hydrogens (tertiary/aromatic N) is 1. The number of unbranched alkanes of at least 4 members (excludes halogenated alkanes) is 1. The van der Waals surface area contributed by atoms with Gasteiger partial charge in [-0.25, -0.2) is 9.59 Å². The first-order valence-electron chi connectivity index (χ1n) is 8.05. The van der Waals surface area contributed by atoms with Gasteiger partial charge in [0, 0.05) is 6.42 Å². The quantitative estimate of drug-likeness (QED) is 0.184. The first-order valence-corrected chi connectivity index (χ1v) is 10.9. The molecule has 1 atom stereocenters. The van der Waals surface area contributed by atoms with E-state index in [1.165, 1.54) is 6.92 Å². The topological polar surface area (TPSA) is 121 Å². The van der Waals surface area contributed by atoms with Gasteiger partial charge in [0.1, 0.15) is 23.4 Å². The van der Waals surface area contributed by atoms with E-state index in [0.29, 0.717) is 18.2 Å². The van der Waals surface area contributed by atoms with E-state index in [1.54, 1.807) is 0 Å². The molecule has 0 aromatic heterocycles. The van der Waals surface area contributed by atoms with Gasteiger partial charge in [0.25, 0.3) is 0 Å². The highest BCUT2D eigenvalue weighted by Gasteiger charge is 2.63. The van der Waals surface area contributed by atoms with E-state index >= 15 is 0 Å². The number of hydrogen-bond donors (Lipinski definition) is 0. The third kappa shape index (κ3) is 4.39. The summed E-state index contributed by atoms with van der Waals surface area (Å²) in [6.45, 7) is 0.649. The molecule has 1 aliphatic rings. The zero-order valence-corrected chi connectivity index (χ0v) is 16.8. The van der Waals surface area contributed by atoms with Gasteiger partial charge < -0.3 is 4.18 Å². The molecule has 2 rings (SSSR count). The van der Waals surface area contributed by atoms with Gasteiger partial charge in [-0.05, 0) is 27.1 Å². The molecular formula is C14H12F6NO8S2+. The van der Waals surface area contributed by atoms with E-state index in [9.17, 15) is 52.8 Å². The second-order valence-electron chi connectivity index (χ2n) is 6.09. The fourth-order valence-corrected chi connectivity index (χ4v) is 3.57. The maximum atomic E-state index is 12.8. The molecule has 0 saturated heterocycles. The SMILES string of the molecule is CCCC[N+]1(OS(=O)(=O)C(F)(F)F)C(=O)c2ccc(OS(=O)(=O)C(F)(F)F)cc2C1=O. The monoisotopic (exact) mass is 500 g/mol. The smallest absolute Gasteiger partial charge is 0.376 e. The molecular weight excluding hydrogens is 488 g/mol. The van der Waals surface area contributed by atoms with Gasteiger partial charge in [-0.3, -0.25) is 0 Å². The number of amides is 2. The zero-order valence-electron chi connectivity index (χ0n) is 15.2. The second kappa shape index (κ2) is 7.72. The van der Waals surface area contributed by atoms with Crippen molar-refractivity contribution >= 4 is 32.1 Å². The third-order valence-corrected chi connectivity index (χ3v) is 5.93. The van der Waals surface area contributed by atoms with Crippen LogP contribution in [0, 0.1) is 0 Å². The molecule has 9 nitrogen and oxygen atoms in total. The molecule has 0 aliphatic carbocycles. The molecule has 1 aromatic carbocycles. The Morgan fingerprint density at radius 3 is 1.87 bits per heavy atom. The summed E-state index contributed by atoms with van der Waals surface area (Å²) >= 11 is 0. The Morgan fingerprint density at radius 2 is 1.39 bits per heavy atom. The Bertz CT molecular complexity index is 1130. The number of fused-ring (bicyclic) bond motifs is 1. The Hall–Kier alpha value is -2.24. The molecule has 1 unspecified atom stereocenters. The van der Waals surface area contributed by atoms with Gasteiger partial charge in [-0.15, -0.1) is 0 Å². The maximum absolute atomic E-state index is 12.8. The van der Waals surface area contributed by atoms with Crippen LogP contribution in [0.1, 0.15) is 40.5 Å². The molecule has 174 valence electrons. The summed E-state index contributed by atoms with van der Waals surface area (Å²) in [6.07, 6.45) is 0.0230. The fraction of sp³-hybridized carbons (Fsp3) is 0.429. The Kier molecular flexibility index (Phi) is 6.23. The lowest BCUT2D eigenvalue weighted by Gasteiger charge is -2.24. The van der Waals surface area contributed by atoms with Crippen LogP contribution in [0.3, 0.4) is 0 Å². The van der Waals surface area contributed by atoms with Gasteiger partial charge in [0.15, 0.2) is 0 Å². The van der Waals surface area contributed by atoms with E-state index in [-0.39, 0.29) is 12.8 Å². The number of rotatable bonds is 7. The molecule has 1 heterocycles. The number of alkyl halides is 6. The van der Waals surface area contributed by atoms with Crippen LogP contribution >= 0.6 is 0 Å². The molecule has 0 saturated carbocycles. The van der Waals surface area contributed by atoms with Gasteiger partial charge in [0.2, 0.25) is 0 Å². The maximum Gasteiger partial charge on any atom is 0.534 e. The summed E-state index contributed by atoms with van der Waals surface area (Å²) in [5.74, 6) is -4.28. The standard InChI is InChI=1S/C14H12F6NO8S2/c1-2-3-6-21(29-31(26,27)14(18,19)20)11(22)9-5-4-8(7-10(9)12(21)23)28-30(24,25)13(15,16)17/h4-5,7H,2-3,6H2,1H3/q+1. The van der Waals surface area contributed by atoms with Crippen LogP contribution in [0.5, 0.6) is 5.75 Å². The average Bonchev–Trinajstić information content (AvgIpc) is 2.79. The second-order valence-corrected chi connectivity index (χ2v) is 9.15. The van der Waals surface area contributed by atoms with Crippen molar-refractivity contribution in [2.24, 2.45) is 0 Å². The number of imide groups is 1. The lowest BCUT2D eigenvalue weighted by Crippen LogP contribution is -2.55. The molecule has 1 aromatic rings. The first kappa shape index (κ1) is 25.0. The molecule has 2 amide bonds. The lowest BCUT2D eigenvalue weighted by atomic mass is 10.1. The highest BCUT2D eigenvalue weighted by Crippen LogP contribution is 2.38. The number of benzene rings is 1. The number of carbonyl (C=O) groups is 2. The van der Waals surface area contributed by atoms with Crippen LogP contribution in [0.2, 0.25) is 0 Å². The van der Waals surface area contributed by atoms with Crippen molar-refractivity contribution in [2.45, 2.75) is 30.8 Å². The van der Waals surface area contributed by atoms with Crippen LogP contribution in [0.25, 0.3) is 0 Å². The van der Waals surface area contributed by atoms with Crippen LogP contribution in [0.15, 0.2) is 18.2 Å². The minimum atomic E-state index is -6.46. The van der Waals surface area contributed by atoms with E-state index in [4.69, 9.17) is 0 Å². The summed E-state index contributed by atoms with van der Waals surface area (Å²) in [5.41, 5.74) is -13.4. The number of quaternary nitrogens is 1. The van der Waals surface area contributed by atoms with Gasteiger partial charge >= 0.3 is 43.1 Å². The summed E-state index contributed by atoms with van der Waals surface area (Å²) in [6, 6.07) is 1.49. The van der Waals surface area contributed by atoms with Crippen molar-refractivity contribution in [3.05, 3.63) is 29.3 Å². The number of carbonyl (C=O) groups excluding carboxylic acids is 2. The summed E-state index contributed by atoms with van der Waals surface area (Å²) < 4.78 is 126. The number of hydroxylamine groups is 3. The van der Waals surface area contributed by atoms with Crippen LogP contribution in [0.4, 0.5) is 26.3 Å².